The maximum atomic E-state index is 13.9. The molecule has 0 saturated heterocycles. The highest BCUT2D eigenvalue weighted by molar-refractivity contribution is 5.51. The summed E-state index contributed by atoms with van der Waals surface area (Å²) in [6.07, 6.45) is 3.53. The van der Waals surface area contributed by atoms with E-state index in [1.165, 1.54) is 6.07 Å². The fraction of sp³-hybridized carbons (Fsp3) is 0.333. The van der Waals surface area contributed by atoms with Crippen LogP contribution < -0.4 is 10.2 Å². The number of nitrogens with zero attached hydrogens (tertiary/aromatic N) is 1. The summed E-state index contributed by atoms with van der Waals surface area (Å²) < 4.78 is 13.9. The zero-order valence-corrected chi connectivity index (χ0v) is 11.0. The predicted molar refractivity (Wildman–Crippen MR) is 76.4 cm³/mol. The largest absolute Gasteiger partial charge is 0.362 e. The molecule has 0 bridgehead atoms. The van der Waals surface area contributed by atoms with Crippen molar-refractivity contribution in [3.05, 3.63) is 54.9 Å². The van der Waals surface area contributed by atoms with Crippen LogP contribution in [-0.4, -0.2) is 19.6 Å². The van der Waals surface area contributed by atoms with E-state index in [4.69, 9.17) is 0 Å². The number of hydrogen-bond donors (Lipinski definition) is 1. The zero-order valence-electron chi connectivity index (χ0n) is 11.0. The third kappa shape index (κ3) is 4.00. The van der Waals surface area contributed by atoms with E-state index in [0.29, 0.717) is 18.8 Å². The van der Waals surface area contributed by atoms with Gasteiger partial charge in [-0.05, 0) is 24.2 Å². The van der Waals surface area contributed by atoms with Crippen molar-refractivity contribution in [2.45, 2.75) is 13.5 Å². The molecule has 98 valence electrons. The van der Waals surface area contributed by atoms with Crippen molar-refractivity contribution < 1.29 is 4.39 Å². The van der Waals surface area contributed by atoms with Gasteiger partial charge in [-0.2, -0.15) is 0 Å². The summed E-state index contributed by atoms with van der Waals surface area (Å²) in [5.41, 5.74) is 1.68. The Morgan fingerprint density at radius 2 is 1.94 bits per heavy atom. The van der Waals surface area contributed by atoms with Crippen molar-refractivity contribution in [2.75, 3.05) is 24.5 Å². The molecule has 1 N–H and O–H groups in total. The first-order chi connectivity index (χ1) is 8.72. The van der Waals surface area contributed by atoms with Crippen LogP contribution in [0.25, 0.3) is 0 Å². The summed E-state index contributed by atoms with van der Waals surface area (Å²) in [5.74, 6) is -0.209. The lowest BCUT2D eigenvalue weighted by Gasteiger charge is -2.23. The van der Waals surface area contributed by atoms with Gasteiger partial charge in [-0.15, -0.1) is 13.2 Å². The molecule has 1 aromatic rings. The summed E-state index contributed by atoms with van der Waals surface area (Å²) in [7, 11) is 0. The second-order valence-corrected chi connectivity index (χ2v) is 4.05. The fourth-order valence-electron chi connectivity index (χ4n) is 1.76. The van der Waals surface area contributed by atoms with Gasteiger partial charge in [0.15, 0.2) is 0 Å². The molecule has 18 heavy (non-hydrogen) atoms. The summed E-state index contributed by atoms with van der Waals surface area (Å²) in [5, 5.41) is 3.23. The van der Waals surface area contributed by atoms with Crippen LogP contribution in [0.2, 0.25) is 0 Å². The predicted octanol–water partition coefficient (Wildman–Crippen LogP) is 3.11. The van der Waals surface area contributed by atoms with Gasteiger partial charge in [0.05, 0.1) is 5.69 Å². The van der Waals surface area contributed by atoms with Crippen molar-refractivity contribution in [1.29, 1.82) is 0 Å². The number of anilines is 1. The highest BCUT2D eigenvalue weighted by Crippen LogP contribution is 2.21. The summed E-state index contributed by atoms with van der Waals surface area (Å²) >= 11 is 0. The molecule has 0 aromatic heterocycles. The Hall–Kier alpha value is -1.61. The molecule has 0 amide bonds. The van der Waals surface area contributed by atoms with Crippen molar-refractivity contribution >= 4 is 5.69 Å². The molecule has 1 aromatic carbocycles. The minimum Gasteiger partial charge on any atom is -0.362 e. The molecule has 0 atom stereocenters. The molecule has 0 unspecified atom stereocenters. The Bertz CT molecular complexity index is 391. The minimum atomic E-state index is -0.209. The number of benzene rings is 1. The smallest absolute Gasteiger partial charge is 0.146 e. The summed E-state index contributed by atoms with van der Waals surface area (Å²) in [6.45, 7) is 12.3. The van der Waals surface area contributed by atoms with Gasteiger partial charge in [0.2, 0.25) is 0 Å². The molecule has 0 fully saturated rings. The lowest BCUT2D eigenvalue weighted by molar-refractivity contribution is 0.620. The average molecular weight is 248 g/mol. The van der Waals surface area contributed by atoms with E-state index < -0.39 is 0 Å². The Balaban J connectivity index is 2.95. The van der Waals surface area contributed by atoms with Crippen molar-refractivity contribution in [2.24, 2.45) is 0 Å². The van der Waals surface area contributed by atoms with Gasteiger partial charge < -0.3 is 10.2 Å². The van der Waals surface area contributed by atoms with Crippen molar-refractivity contribution in [3.63, 3.8) is 0 Å². The van der Waals surface area contributed by atoms with E-state index in [-0.39, 0.29) is 5.82 Å². The van der Waals surface area contributed by atoms with Crippen LogP contribution >= 0.6 is 0 Å². The maximum Gasteiger partial charge on any atom is 0.146 e. The molecule has 0 aliphatic rings. The number of rotatable bonds is 8. The fourth-order valence-corrected chi connectivity index (χ4v) is 1.76. The summed E-state index contributed by atoms with van der Waals surface area (Å²) in [6, 6.07) is 5.20. The molecule has 3 heteroatoms. The van der Waals surface area contributed by atoms with Gasteiger partial charge in [0.1, 0.15) is 5.82 Å². The van der Waals surface area contributed by atoms with E-state index in [2.05, 4.69) is 18.5 Å². The van der Waals surface area contributed by atoms with Crippen LogP contribution in [0.15, 0.2) is 43.5 Å². The average Bonchev–Trinajstić information content (AvgIpc) is 2.37. The van der Waals surface area contributed by atoms with E-state index in [9.17, 15) is 4.39 Å². The Morgan fingerprint density at radius 1 is 1.28 bits per heavy atom. The van der Waals surface area contributed by atoms with Crippen LogP contribution in [0.3, 0.4) is 0 Å². The van der Waals surface area contributed by atoms with Crippen molar-refractivity contribution in [1.82, 2.24) is 5.32 Å². The highest BCUT2D eigenvalue weighted by atomic mass is 19.1. The quantitative estimate of drug-likeness (QED) is 0.711. The SMILES string of the molecule is C=CCN(CC=C)c1cc(CNCC)ccc1F. The second-order valence-electron chi connectivity index (χ2n) is 4.05. The van der Waals surface area contributed by atoms with Gasteiger partial charge in [0.25, 0.3) is 0 Å². The summed E-state index contributed by atoms with van der Waals surface area (Å²) in [4.78, 5) is 1.91. The lowest BCUT2D eigenvalue weighted by atomic mass is 10.1. The van der Waals surface area contributed by atoms with Crippen LogP contribution in [-0.2, 0) is 6.54 Å². The molecule has 0 radical (unpaired) electrons. The van der Waals surface area contributed by atoms with E-state index in [0.717, 1.165) is 18.7 Å². The molecule has 2 nitrogen and oxygen atoms in total. The molecular weight excluding hydrogens is 227 g/mol. The number of hydrogen-bond acceptors (Lipinski definition) is 2. The Kier molecular flexibility index (Phi) is 6.15. The molecule has 0 spiro atoms. The topological polar surface area (TPSA) is 15.3 Å². The molecule has 1 rings (SSSR count). The van der Waals surface area contributed by atoms with Gasteiger partial charge in [0, 0.05) is 19.6 Å². The molecule has 0 aliphatic heterocycles. The van der Waals surface area contributed by atoms with Crippen LogP contribution in [0.5, 0.6) is 0 Å². The Morgan fingerprint density at radius 3 is 2.50 bits per heavy atom. The molecule has 0 heterocycles. The standard InChI is InChI=1S/C15H21FN2/c1-4-9-18(10-5-2)15-11-13(12-17-6-3)7-8-14(15)16/h4-5,7-8,11,17H,1-2,6,9-10,12H2,3H3. The molecular formula is C15H21FN2. The van der Waals surface area contributed by atoms with Gasteiger partial charge in [-0.3, -0.25) is 0 Å². The minimum absolute atomic E-state index is 0.209. The van der Waals surface area contributed by atoms with Crippen LogP contribution in [0.4, 0.5) is 10.1 Å². The first-order valence-corrected chi connectivity index (χ1v) is 6.18. The molecule has 0 aliphatic carbocycles. The molecule has 0 saturated carbocycles. The third-order valence-electron chi connectivity index (χ3n) is 2.63. The zero-order chi connectivity index (χ0) is 13.4. The van der Waals surface area contributed by atoms with Gasteiger partial charge in [-0.25, -0.2) is 4.39 Å². The van der Waals surface area contributed by atoms with Crippen LogP contribution in [0.1, 0.15) is 12.5 Å². The lowest BCUT2D eigenvalue weighted by Crippen LogP contribution is -2.24. The van der Waals surface area contributed by atoms with Gasteiger partial charge >= 0.3 is 0 Å². The van der Waals surface area contributed by atoms with Crippen LogP contribution in [0, 0.1) is 5.82 Å². The monoisotopic (exact) mass is 248 g/mol. The second kappa shape index (κ2) is 7.67. The number of nitrogens with one attached hydrogen (secondary N) is 1. The van der Waals surface area contributed by atoms with E-state index in [1.807, 2.05) is 24.0 Å². The maximum absolute atomic E-state index is 13.9. The highest BCUT2D eigenvalue weighted by Gasteiger charge is 2.09. The van der Waals surface area contributed by atoms with Gasteiger partial charge in [-0.1, -0.05) is 25.1 Å². The first kappa shape index (κ1) is 14.5. The third-order valence-corrected chi connectivity index (χ3v) is 2.63. The normalized spacial score (nSPS) is 10.1. The Labute approximate surface area is 109 Å². The van der Waals surface area contributed by atoms with E-state index in [1.54, 1.807) is 12.2 Å². The van der Waals surface area contributed by atoms with Crippen molar-refractivity contribution in [3.8, 4) is 0 Å². The first-order valence-electron chi connectivity index (χ1n) is 6.18. The van der Waals surface area contributed by atoms with E-state index >= 15 is 0 Å². The number of halogens is 1.